The fourth-order valence-corrected chi connectivity index (χ4v) is 6.55. The number of hydrogen-bond acceptors (Lipinski definition) is 1. The number of hydrogen-bond donors (Lipinski definition) is 1. The summed E-state index contributed by atoms with van der Waals surface area (Å²) < 4.78 is 0. The monoisotopic (exact) mass is 383 g/mol. The van der Waals surface area contributed by atoms with Crippen molar-refractivity contribution >= 4 is 28.8 Å². The van der Waals surface area contributed by atoms with E-state index in [1.54, 1.807) is 0 Å². The Morgan fingerprint density at radius 1 is 1.30 bits per heavy atom. The van der Waals surface area contributed by atoms with Crippen LogP contribution in [-0.2, 0) is 4.79 Å². The summed E-state index contributed by atoms with van der Waals surface area (Å²) >= 11 is 6.26. The van der Waals surface area contributed by atoms with Crippen LogP contribution >= 0.6 is 11.6 Å². The van der Waals surface area contributed by atoms with E-state index >= 15 is 0 Å². The van der Waals surface area contributed by atoms with Crippen LogP contribution in [-0.4, -0.2) is 5.91 Å². The number of fused-ring (bicyclic) bond motifs is 2. The zero-order valence-electron chi connectivity index (χ0n) is 16.7. The second-order valence-corrected chi connectivity index (χ2v) is 10.0. The van der Waals surface area contributed by atoms with Crippen molar-refractivity contribution in [3.63, 3.8) is 0 Å². The summed E-state index contributed by atoms with van der Waals surface area (Å²) in [5.74, 6) is 1.14. The normalized spacial score (nSPS) is 33.6. The molecule has 2 aliphatic carbocycles. The van der Waals surface area contributed by atoms with Gasteiger partial charge in [0.15, 0.2) is 0 Å². The minimum atomic E-state index is -0.0369. The lowest BCUT2D eigenvalue weighted by Gasteiger charge is -2.58. The number of nitrogens with one attached hydrogen (secondary N) is 1. The van der Waals surface area contributed by atoms with Crippen LogP contribution in [0.5, 0.6) is 0 Å². The van der Waals surface area contributed by atoms with Gasteiger partial charge in [-0.25, -0.2) is 0 Å². The maximum atomic E-state index is 12.5. The Balaban J connectivity index is 1.66. The van der Waals surface area contributed by atoms with Gasteiger partial charge in [-0.05, 0) is 60.8 Å². The Labute approximate surface area is 168 Å². The summed E-state index contributed by atoms with van der Waals surface area (Å²) in [6.45, 7) is 11.8. The maximum Gasteiger partial charge on any atom is 0.256 e. The molecule has 0 unspecified atom stereocenters. The number of halogens is 1. The van der Waals surface area contributed by atoms with Gasteiger partial charge >= 0.3 is 0 Å². The number of allylic oxidation sites excluding steroid dienone is 2. The zero-order valence-corrected chi connectivity index (χ0v) is 17.5. The highest BCUT2D eigenvalue weighted by Crippen LogP contribution is 2.61. The van der Waals surface area contributed by atoms with Crippen molar-refractivity contribution in [2.24, 2.45) is 22.7 Å². The zero-order chi connectivity index (χ0) is 19.4. The van der Waals surface area contributed by atoms with Crippen molar-refractivity contribution in [1.82, 2.24) is 0 Å². The topological polar surface area (TPSA) is 29.1 Å². The van der Waals surface area contributed by atoms with Gasteiger partial charge in [0.05, 0.1) is 10.7 Å². The van der Waals surface area contributed by atoms with Crippen LogP contribution in [0.25, 0.3) is 5.57 Å². The van der Waals surface area contributed by atoms with Gasteiger partial charge in [-0.1, -0.05) is 69.2 Å². The van der Waals surface area contributed by atoms with Crippen LogP contribution < -0.4 is 5.32 Å². The molecule has 27 heavy (non-hydrogen) atoms. The molecule has 1 heterocycles. The van der Waals surface area contributed by atoms with Crippen LogP contribution in [0.2, 0.25) is 5.02 Å². The number of carbonyl (C=O) groups is 1. The third-order valence-corrected chi connectivity index (χ3v) is 7.98. The highest BCUT2D eigenvalue weighted by molar-refractivity contribution is 6.39. The predicted octanol–water partition coefficient (Wildman–Crippen LogP) is 6.86. The average molecular weight is 384 g/mol. The van der Waals surface area contributed by atoms with Crippen molar-refractivity contribution in [3.8, 4) is 0 Å². The van der Waals surface area contributed by atoms with E-state index in [9.17, 15) is 4.79 Å². The largest absolute Gasteiger partial charge is 0.320 e. The molecular weight excluding hydrogens is 354 g/mol. The summed E-state index contributed by atoms with van der Waals surface area (Å²) in [7, 11) is 0. The first-order chi connectivity index (χ1) is 12.7. The lowest BCUT2D eigenvalue weighted by Crippen LogP contribution is -2.49. The number of amides is 1. The fraction of sp³-hybridized carbons (Fsp3) is 0.542. The van der Waals surface area contributed by atoms with Crippen LogP contribution in [0.1, 0.15) is 64.9 Å². The molecule has 1 N–H and O–H groups in total. The summed E-state index contributed by atoms with van der Waals surface area (Å²) in [6, 6.07) is 5.72. The van der Waals surface area contributed by atoms with E-state index in [2.05, 4.69) is 38.7 Å². The van der Waals surface area contributed by atoms with Crippen LogP contribution in [0.4, 0.5) is 5.69 Å². The highest BCUT2D eigenvalue weighted by atomic mass is 35.5. The molecule has 1 aromatic rings. The van der Waals surface area contributed by atoms with Gasteiger partial charge in [0.1, 0.15) is 0 Å². The van der Waals surface area contributed by atoms with Crippen LogP contribution in [0, 0.1) is 22.7 Å². The molecule has 0 bridgehead atoms. The van der Waals surface area contributed by atoms with E-state index in [-0.39, 0.29) is 11.3 Å². The molecule has 1 amide bonds. The first kappa shape index (κ1) is 18.8. The Hall–Kier alpha value is -1.54. The lowest BCUT2D eigenvalue weighted by atomic mass is 9.47. The summed E-state index contributed by atoms with van der Waals surface area (Å²) in [5.41, 5.74) is 4.49. The predicted molar refractivity (Wildman–Crippen MR) is 114 cm³/mol. The molecule has 0 spiro atoms. The van der Waals surface area contributed by atoms with E-state index in [1.165, 1.54) is 31.3 Å². The summed E-state index contributed by atoms with van der Waals surface area (Å²) in [5, 5.41) is 3.54. The van der Waals surface area contributed by atoms with Crippen molar-refractivity contribution < 1.29 is 4.79 Å². The number of carbonyl (C=O) groups excluding carboxylic acids is 1. The van der Waals surface area contributed by atoms with E-state index in [0.717, 1.165) is 35.6 Å². The molecule has 1 aromatic carbocycles. The third kappa shape index (κ3) is 2.97. The quantitative estimate of drug-likeness (QED) is 0.438. The highest BCUT2D eigenvalue weighted by Gasteiger charge is 2.52. The smallest absolute Gasteiger partial charge is 0.256 e. The Bertz CT molecular complexity index is 837. The van der Waals surface area contributed by atoms with Crippen molar-refractivity contribution in [2.75, 3.05) is 5.32 Å². The molecular formula is C24H30ClNO. The molecule has 4 rings (SSSR count). The molecule has 144 valence electrons. The minimum Gasteiger partial charge on any atom is -0.320 e. The van der Waals surface area contributed by atoms with Gasteiger partial charge in [-0.15, -0.1) is 0 Å². The summed E-state index contributed by atoms with van der Waals surface area (Å²) in [6.07, 6.45) is 9.28. The lowest BCUT2D eigenvalue weighted by molar-refractivity contribution is -0.110. The number of rotatable bonds is 2. The molecule has 2 fully saturated rings. The van der Waals surface area contributed by atoms with E-state index in [1.807, 2.05) is 18.2 Å². The van der Waals surface area contributed by atoms with Gasteiger partial charge in [0.25, 0.3) is 5.91 Å². The minimum absolute atomic E-state index is 0.0369. The van der Waals surface area contributed by atoms with E-state index in [4.69, 9.17) is 11.6 Å². The summed E-state index contributed by atoms with van der Waals surface area (Å²) in [4.78, 5) is 12.5. The molecule has 3 aliphatic rings. The molecule has 3 heteroatoms. The van der Waals surface area contributed by atoms with Crippen molar-refractivity contribution in [3.05, 3.63) is 47.0 Å². The Kier molecular flexibility index (Phi) is 4.54. The van der Waals surface area contributed by atoms with Gasteiger partial charge in [-0.2, -0.15) is 0 Å². The van der Waals surface area contributed by atoms with Gasteiger partial charge < -0.3 is 5.32 Å². The number of para-hydroxylation sites is 1. The van der Waals surface area contributed by atoms with E-state index in [0.29, 0.717) is 16.4 Å². The third-order valence-electron chi connectivity index (χ3n) is 7.66. The fourth-order valence-electron chi connectivity index (χ4n) is 6.33. The second-order valence-electron chi connectivity index (χ2n) is 9.62. The maximum absolute atomic E-state index is 12.5. The molecule has 0 radical (unpaired) electrons. The SMILES string of the molecule is C=C1CC[C@H]2C(C)(C)CCC[C@]2(C)[C@H]1C/C=C1/C(=O)Nc2c(Cl)cccc21. The second kappa shape index (κ2) is 6.51. The Morgan fingerprint density at radius 3 is 2.85 bits per heavy atom. The average Bonchev–Trinajstić information content (AvgIpc) is 2.91. The van der Waals surface area contributed by atoms with Gasteiger partial charge in [0.2, 0.25) is 0 Å². The number of benzene rings is 1. The molecule has 2 nitrogen and oxygen atoms in total. The van der Waals surface area contributed by atoms with Gasteiger partial charge in [0, 0.05) is 11.1 Å². The molecule has 0 aromatic heterocycles. The van der Waals surface area contributed by atoms with Crippen LogP contribution in [0.3, 0.4) is 0 Å². The van der Waals surface area contributed by atoms with Crippen molar-refractivity contribution in [1.29, 1.82) is 0 Å². The van der Waals surface area contributed by atoms with Gasteiger partial charge in [-0.3, -0.25) is 4.79 Å². The first-order valence-electron chi connectivity index (χ1n) is 10.2. The Morgan fingerprint density at radius 2 is 2.07 bits per heavy atom. The van der Waals surface area contributed by atoms with E-state index < -0.39 is 0 Å². The molecule has 3 atom stereocenters. The molecule has 2 saturated carbocycles. The molecule has 0 saturated heterocycles. The first-order valence-corrected chi connectivity index (χ1v) is 10.6. The van der Waals surface area contributed by atoms with Crippen molar-refractivity contribution in [2.45, 2.75) is 59.3 Å². The standard InChI is InChI=1S/C24H30ClNO/c1-15-9-12-20-23(2,3)13-6-14-24(20,4)18(15)11-10-17-16-7-5-8-19(25)21(16)26-22(17)27/h5,7-8,10,18,20H,1,6,9,11-14H2,2-4H3,(H,26,27)/b17-10+/t18-,20-,24+/m0/s1. The van der Waals surface area contributed by atoms with Crippen LogP contribution in [0.15, 0.2) is 36.4 Å². The number of anilines is 1. The molecule has 1 aliphatic heterocycles.